The number of amides is 1. The molecule has 0 aromatic heterocycles. The minimum atomic E-state index is -0.230. The van der Waals surface area contributed by atoms with E-state index in [0.29, 0.717) is 17.9 Å². The van der Waals surface area contributed by atoms with Crippen molar-refractivity contribution >= 4 is 17.6 Å². The first-order chi connectivity index (χ1) is 10.6. The van der Waals surface area contributed by atoms with Gasteiger partial charge < -0.3 is 14.8 Å². The van der Waals surface area contributed by atoms with E-state index >= 15 is 0 Å². The molecule has 0 radical (unpaired) electrons. The number of anilines is 1. The number of nitrogens with one attached hydrogen (secondary N) is 1. The minimum absolute atomic E-state index is 0.0900. The summed E-state index contributed by atoms with van der Waals surface area (Å²) in [6.07, 6.45) is 5.94. The van der Waals surface area contributed by atoms with E-state index in [1.54, 1.807) is 24.3 Å². The van der Waals surface area contributed by atoms with E-state index in [1.165, 1.54) is 26.2 Å². The smallest absolute Gasteiger partial charge is 0.308 e. The fraction of sp³-hybridized carbons (Fsp3) is 0.529. The van der Waals surface area contributed by atoms with Gasteiger partial charge in [0, 0.05) is 19.0 Å². The molecule has 0 atom stereocenters. The highest BCUT2D eigenvalue weighted by Crippen LogP contribution is 2.15. The van der Waals surface area contributed by atoms with Gasteiger partial charge in [-0.1, -0.05) is 32.6 Å². The third-order valence-electron chi connectivity index (χ3n) is 3.10. The van der Waals surface area contributed by atoms with E-state index < -0.39 is 0 Å². The van der Waals surface area contributed by atoms with Crippen molar-refractivity contribution < 1.29 is 19.1 Å². The van der Waals surface area contributed by atoms with Crippen LogP contribution in [0.15, 0.2) is 24.3 Å². The summed E-state index contributed by atoms with van der Waals surface area (Å²) >= 11 is 0. The van der Waals surface area contributed by atoms with E-state index in [0.717, 1.165) is 12.8 Å². The van der Waals surface area contributed by atoms with E-state index in [9.17, 15) is 9.59 Å². The quantitative estimate of drug-likeness (QED) is 0.405. The summed E-state index contributed by atoms with van der Waals surface area (Å²) in [7, 11) is 0. The lowest BCUT2D eigenvalue weighted by Gasteiger charge is -2.08. The first kappa shape index (κ1) is 18.0. The van der Waals surface area contributed by atoms with Gasteiger partial charge in [-0.25, -0.2) is 0 Å². The Bertz CT molecular complexity index is 456. The van der Waals surface area contributed by atoms with Crippen LogP contribution < -0.4 is 10.1 Å². The number of carbonyl (C=O) groups excluding carboxylic acids is 2. The first-order valence-corrected chi connectivity index (χ1v) is 7.78. The second-order valence-electron chi connectivity index (χ2n) is 5.15. The second-order valence-corrected chi connectivity index (χ2v) is 5.15. The molecule has 0 saturated carbocycles. The maximum Gasteiger partial charge on any atom is 0.308 e. The van der Waals surface area contributed by atoms with Gasteiger partial charge in [-0.05, 0) is 30.7 Å². The number of ether oxygens (including phenoxy) is 2. The van der Waals surface area contributed by atoms with E-state index in [2.05, 4.69) is 12.2 Å². The number of benzene rings is 1. The highest BCUT2D eigenvalue weighted by Gasteiger charge is 2.03. The summed E-state index contributed by atoms with van der Waals surface area (Å²) in [5.74, 6) is 0.234. The van der Waals surface area contributed by atoms with Gasteiger partial charge in [0.1, 0.15) is 5.75 Å². The van der Waals surface area contributed by atoms with E-state index in [1.807, 2.05) is 0 Å². The van der Waals surface area contributed by atoms with Crippen LogP contribution >= 0.6 is 0 Å². The molecule has 0 unspecified atom stereocenters. The summed E-state index contributed by atoms with van der Waals surface area (Å²) in [5, 5.41) is 2.66. The molecule has 0 bridgehead atoms. The Kier molecular flexibility index (Phi) is 8.72. The van der Waals surface area contributed by atoms with Crippen LogP contribution in [0.5, 0.6) is 5.75 Å². The van der Waals surface area contributed by atoms with Crippen LogP contribution in [0.1, 0.15) is 52.4 Å². The molecule has 1 rings (SSSR count). The van der Waals surface area contributed by atoms with Crippen molar-refractivity contribution in [2.45, 2.75) is 52.4 Å². The number of carbonyl (C=O) groups is 2. The molecule has 5 nitrogen and oxygen atoms in total. The maximum atomic E-state index is 11.5. The number of unbranched alkanes of at least 4 members (excludes halogenated alkanes) is 4. The highest BCUT2D eigenvalue weighted by atomic mass is 16.7. The molecule has 1 aromatic rings. The van der Waals surface area contributed by atoms with Crippen molar-refractivity contribution in [3.05, 3.63) is 24.3 Å². The summed E-state index contributed by atoms with van der Waals surface area (Å²) in [6, 6.07) is 6.88. The van der Waals surface area contributed by atoms with Crippen molar-refractivity contribution in [1.29, 1.82) is 0 Å². The van der Waals surface area contributed by atoms with Crippen LogP contribution in [0.2, 0.25) is 0 Å². The van der Waals surface area contributed by atoms with Crippen molar-refractivity contribution in [2.24, 2.45) is 0 Å². The van der Waals surface area contributed by atoms with Crippen molar-refractivity contribution in [3.63, 3.8) is 0 Å². The van der Waals surface area contributed by atoms with Crippen LogP contribution in [-0.4, -0.2) is 18.7 Å². The van der Waals surface area contributed by atoms with Crippen molar-refractivity contribution in [2.75, 3.05) is 12.1 Å². The number of rotatable bonds is 10. The maximum absolute atomic E-state index is 11.5. The van der Waals surface area contributed by atoms with Gasteiger partial charge in [-0.2, -0.15) is 0 Å². The lowest BCUT2D eigenvalue weighted by atomic mass is 10.1. The number of esters is 1. The fourth-order valence-electron chi connectivity index (χ4n) is 1.95. The Morgan fingerprint density at radius 2 is 1.73 bits per heavy atom. The molecule has 0 aliphatic heterocycles. The third-order valence-corrected chi connectivity index (χ3v) is 3.10. The lowest BCUT2D eigenvalue weighted by Crippen LogP contribution is -2.10. The van der Waals surface area contributed by atoms with Crippen LogP contribution in [0.3, 0.4) is 0 Å². The van der Waals surface area contributed by atoms with Gasteiger partial charge in [0.2, 0.25) is 12.7 Å². The molecule has 0 fully saturated rings. The van der Waals surface area contributed by atoms with Gasteiger partial charge in [0.25, 0.3) is 0 Å². The van der Waals surface area contributed by atoms with Gasteiger partial charge in [-0.3, -0.25) is 9.59 Å². The summed E-state index contributed by atoms with van der Waals surface area (Å²) in [5.41, 5.74) is 0.698. The molecule has 0 saturated heterocycles. The number of hydrogen-bond acceptors (Lipinski definition) is 4. The van der Waals surface area contributed by atoms with Gasteiger partial charge in [0.15, 0.2) is 0 Å². The van der Waals surface area contributed by atoms with E-state index in [4.69, 9.17) is 9.47 Å². The third kappa shape index (κ3) is 8.29. The zero-order chi connectivity index (χ0) is 16.2. The molecule has 1 N–H and O–H groups in total. The summed E-state index contributed by atoms with van der Waals surface area (Å²) in [6.45, 7) is 3.52. The molecule has 0 spiro atoms. The standard InChI is InChI=1S/C17H25NO4/c1-3-4-5-6-7-8-17(20)22-13-21-16-11-9-15(10-12-16)18-14(2)19/h9-12H,3-8,13H2,1-2H3,(H,18,19). The molecule has 5 heteroatoms. The topological polar surface area (TPSA) is 64.6 Å². The van der Waals surface area contributed by atoms with Crippen molar-refractivity contribution in [1.82, 2.24) is 0 Å². The lowest BCUT2D eigenvalue weighted by molar-refractivity contribution is -0.150. The monoisotopic (exact) mass is 307 g/mol. The molecule has 0 aliphatic rings. The Labute approximate surface area is 132 Å². The minimum Gasteiger partial charge on any atom is -0.457 e. The summed E-state index contributed by atoms with van der Waals surface area (Å²) < 4.78 is 10.3. The van der Waals surface area contributed by atoms with Crippen molar-refractivity contribution in [3.8, 4) is 5.75 Å². The average Bonchev–Trinajstić information content (AvgIpc) is 2.48. The average molecular weight is 307 g/mol. The highest BCUT2D eigenvalue weighted by molar-refractivity contribution is 5.88. The molecular weight excluding hydrogens is 282 g/mol. The SMILES string of the molecule is CCCCCCCC(=O)OCOc1ccc(NC(C)=O)cc1. The van der Waals surface area contributed by atoms with Gasteiger partial charge in [0.05, 0.1) is 0 Å². The largest absolute Gasteiger partial charge is 0.457 e. The zero-order valence-corrected chi connectivity index (χ0v) is 13.4. The molecular formula is C17H25NO4. The molecule has 1 aromatic carbocycles. The number of hydrogen-bond donors (Lipinski definition) is 1. The normalized spacial score (nSPS) is 10.1. The van der Waals surface area contributed by atoms with Gasteiger partial charge >= 0.3 is 5.97 Å². The van der Waals surface area contributed by atoms with Crippen LogP contribution in [0, 0.1) is 0 Å². The Balaban J connectivity index is 2.15. The second kappa shape index (κ2) is 10.7. The molecule has 0 aliphatic carbocycles. The zero-order valence-electron chi connectivity index (χ0n) is 13.4. The summed E-state index contributed by atoms with van der Waals surface area (Å²) in [4.78, 5) is 22.4. The van der Waals surface area contributed by atoms with Crippen LogP contribution in [0.4, 0.5) is 5.69 Å². The molecule has 1 amide bonds. The molecule has 0 heterocycles. The Morgan fingerprint density at radius 3 is 2.36 bits per heavy atom. The Morgan fingerprint density at radius 1 is 1.05 bits per heavy atom. The molecule has 22 heavy (non-hydrogen) atoms. The van der Waals surface area contributed by atoms with Crippen LogP contribution in [0.25, 0.3) is 0 Å². The molecule has 122 valence electrons. The van der Waals surface area contributed by atoms with Gasteiger partial charge in [-0.15, -0.1) is 0 Å². The van der Waals surface area contributed by atoms with Crippen LogP contribution in [-0.2, 0) is 14.3 Å². The fourth-order valence-corrected chi connectivity index (χ4v) is 1.95. The predicted octanol–water partition coefficient (Wildman–Crippen LogP) is 3.89. The Hall–Kier alpha value is -2.04. The predicted molar refractivity (Wildman–Crippen MR) is 85.7 cm³/mol. The van der Waals surface area contributed by atoms with E-state index in [-0.39, 0.29) is 18.7 Å². The first-order valence-electron chi connectivity index (χ1n) is 7.78.